The zero-order valence-electron chi connectivity index (χ0n) is 18.4. The van der Waals surface area contributed by atoms with Crippen LogP contribution in [0.15, 0.2) is 53.7 Å². The van der Waals surface area contributed by atoms with Crippen LogP contribution < -0.4 is 0 Å². The van der Waals surface area contributed by atoms with Crippen LogP contribution in [-0.2, 0) is 17.6 Å². The molecule has 0 aliphatic carbocycles. The van der Waals surface area contributed by atoms with Crippen molar-refractivity contribution in [3.8, 4) is 17.2 Å². The van der Waals surface area contributed by atoms with Crippen molar-refractivity contribution in [3.63, 3.8) is 0 Å². The number of carboxylic acids is 1. The lowest BCUT2D eigenvalue weighted by molar-refractivity contribution is -0.133. The molecule has 4 rings (SSSR count). The quantitative estimate of drug-likeness (QED) is 0.383. The summed E-state index contributed by atoms with van der Waals surface area (Å²) >= 11 is 1.10. The van der Waals surface area contributed by atoms with Crippen molar-refractivity contribution in [1.29, 1.82) is 5.26 Å². The molecule has 2 aromatic heterocycles. The van der Waals surface area contributed by atoms with Crippen LogP contribution in [0.4, 0.5) is 0 Å². The Morgan fingerprint density at radius 2 is 1.91 bits per heavy atom. The summed E-state index contributed by atoms with van der Waals surface area (Å²) in [6.07, 6.45) is 2.41. The van der Waals surface area contributed by atoms with E-state index in [0.717, 1.165) is 64.0 Å². The third-order valence-electron chi connectivity index (χ3n) is 5.31. The molecule has 2 aromatic carbocycles. The van der Waals surface area contributed by atoms with Gasteiger partial charge in [0.25, 0.3) is 0 Å². The summed E-state index contributed by atoms with van der Waals surface area (Å²) < 4.78 is 1.70. The van der Waals surface area contributed by atoms with Crippen molar-refractivity contribution in [3.05, 3.63) is 76.7 Å². The van der Waals surface area contributed by atoms with Gasteiger partial charge in [-0.3, -0.25) is 4.79 Å². The number of carbonyl (C=O) groups is 1. The summed E-state index contributed by atoms with van der Waals surface area (Å²) in [4.78, 5) is 20.4. The van der Waals surface area contributed by atoms with Crippen molar-refractivity contribution in [2.24, 2.45) is 0 Å². The number of hydrogen-bond donors (Lipinski definition) is 1. The Balaban J connectivity index is 1.71. The molecule has 0 amide bonds. The largest absolute Gasteiger partial charge is 0.481 e. The zero-order valence-corrected chi connectivity index (χ0v) is 19.3. The number of thioether (sulfide) groups is 1. The van der Waals surface area contributed by atoms with Crippen LogP contribution in [-0.4, -0.2) is 36.4 Å². The van der Waals surface area contributed by atoms with Gasteiger partial charge in [-0.05, 0) is 36.1 Å². The van der Waals surface area contributed by atoms with Crippen molar-refractivity contribution in [2.45, 2.75) is 38.3 Å². The minimum Gasteiger partial charge on any atom is -0.481 e. The second-order valence-corrected chi connectivity index (χ2v) is 8.62. The van der Waals surface area contributed by atoms with Crippen LogP contribution in [0.2, 0.25) is 0 Å². The van der Waals surface area contributed by atoms with Crippen LogP contribution in [0.3, 0.4) is 0 Å². The van der Waals surface area contributed by atoms with Gasteiger partial charge in [0.1, 0.15) is 5.82 Å². The number of benzene rings is 2. The van der Waals surface area contributed by atoms with E-state index in [1.807, 2.05) is 43.3 Å². The van der Waals surface area contributed by atoms with Crippen molar-refractivity contribution >= 4 is 23.4 Å². The van der Waals surface area contributed by atoms with Crippen LogP contribution in [0.25, 0.3) is 16.8 Å². The summed E-state index contributed by atoms with van der Waals surface area (Å²) in [5.74, 6) is -0.263. The van der Waals surface area contributed by atoms with Gasteiger partial charge in [0.05, 0.1) is 17.4 Å². The number of rotatable bonds is 8. The minimum absolute atomic E-state index is 0.0911. The van der Waals surface area contributed by atoms with Crippen LogP contribution in [0.1, 0.15) is 41.6 Å². The predicted octanol–water partition coefficient (Wildman–Crippen LogP) is 4.69. The van der Waals surface area contributed by atoms with Gasteiger partial charge in [-0.25, -0.2) is 9.97 Å². The highest BCUT2D eigenvalue weighted by atomic mass is 32.2. The Kier molecular flexibility index (Phi) is 6.71. The van der Waals surface area contributed by atoms with Gasteiger partial charge in [-0.2, -0.15) is 9.78 Å². The van der Waals surface area contributed by atoms with E-state index in [4.69, 9.17) is 10.1 Å². The Bertz CT molecular complexity index is 1360. The standard InChI is InChI=1S/C25H23N5O2S/c1-3-6-22-21(24-28-25(33-15-23(31)32)29-30(24)16(2)27-22)13-17-9-11-18(12-10-17)20-8-5-4-7-19(20)14-26/h4-5,7-12H,3,6,13,15H2,1-2H3,(H,31,32). The van der Waals surface area contributed by atoms with E-state index >= 15 is 0 Å². The number of fused-ring (bicyclic) bond motifs is 1. The number of aliphatic carboxylic acids is 1. The minimum atomic E-state index is -0.904. The zero-order chi connectivity index (χ0) is 23.4. The Morgan fingerprint density at radius 1 is 1.15 bits per heavy atom. The summed E-state index contributed by atoms with van der Waals surface area (Å²) in [5.41, 5.74) is 6.36. The topological polar surface area (TPSA) is 104 Å². The van der Waals surface area contributed by atoms with Crippen LogP contribution >= 0.6 is 11.8 Å². The second kappa shape index (κ2) is 9.84. The highest BCUT2D eigenvalue weighted by molar-refractivity contribution is 7.99. The monoisotopic (exact) mass is 457 g/mol. The first-order chi connectivity index (χ1) is 16.0. The molecule has 33 heavy (non-hydrogen) atoms. The SMILES string of the molecule is CCCc1nc(C)n2nc(SCC(=O)O)nc2c1Cc1ccc(-c2ccccc2C#N)cc1. The van der Waals surface area contributed by atoms with Crippen molar-refractivity contribution in [2.75, 3.05) is 5.75 Å². The molecular formula is C25H23N5O2S. The molecule has 0 unspecified atom stereocenters. The van der Waals surface area contributed by atoms with Gasteiger partial charge >= 0.3 is 5.97 Å². The molecule has 0 saturated heterocycles. The molecule has 1 N–H and O–H groups in total. The number of aromatic nitrogens is 4. The highest BCUT2D eigenvalue weighted by Crippen LogP contribution is 2.26. The Morgan fingerprint density at radius 3 is 2.61 bits per heavy atom. The first kappa shape index (κ1) is 22.5. The number of carboxylic acid groups (broad SMARTS) is 1. The fourth-order valence-corrected chi connectivity index (χ4v) is 4.35. The van der Waals surface area contributed by atoms with Gasteiger partial charge in [-0.15, -0.1) is 5.10 Å². The molecule has 0 saturated carbocycles. The molecular weight excluding hydrogens is 434 g/mol. The first-order valence-electron chi connectivity index (χ1n) is 10.7. The Hall–Kier alpha value is -3.70. The number of aryl methyl sites for hydroxylation is 2. The first-order valence-corrected chi connectivity index (χ1v) is 11.7. The van der Waals surface area contributed by atoms with Gasteiger partial charge in [0, 0.05) is 17.7 Å². The number of hydrogen-bond acceptors (Lipinski definition) is 6. The fourth-order valence-electron chi connectivity index (χ4n) is 3.80. The maximum absolute atomic E-state index is 11.0. The van der Waals surface area contributed by atoms with Crippen LogP contribution in [0, 0.1) is 18.3 Å². The third-order valence-corrected chi connectivity index (χ3v) is 6.14. The number of nitrogens with zero attached hydrogens (tertiary/aromatic N) is 5. The Labute approximate surface area is 196 Å². The van der Waals surface area contributed by atoms with E-state index in [2.05, 4.69) is 35.2 Å². The van der Waals surface area contributed by atoms with E-state index < -0.39 is 5.97 Å². The maximum atomic E-state index is 11.0. The molecule has 0 aliphatic rings. The van der Waals surface area contributed by atoms with Crippen molar-refractivity contribution in [1.82, 2.24) is 19.6 Å². The lowest BCUT2D eigenvalue weighted by Gasteiger charge is -2.12. The number of nitriles is 1. The van der Waals surface area contributed by atoms with E-state index in [1.54, 1.807) is 4.52 Å². The van der Waals surface area contributed by atoms with Gasteiger partial charge < -0.3 is 5.11 Å². The third kappa shape index (κ3) is 4.89. The van der Waals surface area contributed by atoms with E-state index in [-0.39, 0.29) is 5.75 Å². The van der Waals surface area contributed by atoms with E-state index in [0.29, 0.717) is 17.1 Å². The normalized spacial score (nSPS) is 10.9. The average Bonchev–Trinajstić information content (AvgIpc) is 3.26. The van der Waals surface area contributed by atoms with Gasteiger partial charge in [-0.1, -0.05) is 67.6 Å². The summed E-state index contributed by atoms with van der Waals surface area (Å²) in [5, 5.41) is 23.3. The lowest BCUT2D eigenvalue weighted by Crippen LogP contribution is -2.08. The molecule has 0 spiro atoms. The molecule has 166 valence electrons. The van der Waals surface area contributed by atoms with Gasteiger partial charge in [0.2, 0.25) is 5.16 Å². The molecule has 8 heteroatoms. The summed E-state index contributed by atoms with van der Waals surface area (Å²) in [7, 11) is 0. The lowest BCUT2D eigenvalue weighted by atomic mass is 9.97. The molecule has 0 fully saturated rings. The molecule has 0 bridgehead atoms. The summed E-state index contributed by atoms with van der Waals surface area (Å²) in [6, 6.07) is 18.0. The average molecular weight is 458 g/mol. The maximum Gasteiger partial charge on any atom is 0.313 e. The second-order valence-electron chi connectivity index (χ2n) is 7.68. The van der Waals surface area contributed by atoms with Crippen molar-refractivity contribution < 1.29 is 9.90 Å². The van der Waals surface area contributed by atoms with Crippen LogP contribution in [0.5, 0.6) is 0 Å². The molecule has 0 radical (unpaired) electrons. The molecule has 7 nitrogen and oxygen atoms in total. The molecule has 4 aromatic rings. The van der Waals surface area contributed by atoms with E-state index in [1.165, 1.54) is 0 Å². The predicted molar refractivity (Wildman–Crippen MR) is 127 cm³/mol. The fraction of sp³-hybridized carbons (Fsp3) is 0.240. The highest BCUT2D eigenvalue weighted by Gasteiger charge is 2.17. The molecule has 0 atom stereocenters. The summed E-state index contributed by atoms with van der Waals surface area (Å²) in [6.45, 7) is 4.00. The molecule has 0 aliphatic heterocycles. The van der Waals surface area contributed by atoms with E-state index in [9.17, 15) is 10.1 Å². The smallest absolute Gasteiger partial charge is 0.313 e. The molecule has 2 heterocycles. The van der Waals surface area contributed by atoms with Gasteiger partial charge in [0.15, 0.2) is 5.65 Å².